The lowest BCUT2D eigenvalue weighted by molar-refractivity contribution is 0.671. The molecule has 158 valence electrons. The molecule has 0 nitrogen and oxygen atoms in total. The van der Waals surface area contributed by atoms with Gasteiger partial charge in [-0.25, -0.2) is 0 Å². The molecule has 3 aromatic carbocycles. The zero-order chi connectivity index (χ0) is 22.3. The largest absolute Gasteiger partial charge is 0.0827 e. The molecule has 0 fully saturated rings. The van der Waals surface area contributed by atoms with E-state index in [-0.39, 0.29) is 5.41 Å². The number of hydrogen-bond acceptors (Lipinski definition) is 0. The fourth-order valence-electron chi connectivity index (χ4n) is 4.75. The molecular formula is C28H27Cl2P. The topological polar surface area (TPSA) is 0 Å². The summed E-state index contributed by atoms with van der Waals surface area (Å²) in [7, 11) is -0.798. The Morgan fingerprint density at radius 3 is 1.55 bits per heavy atom. The Balaban J connectivity index is 2.08. The lowest BCUT2D eigenvalue weighted by atomic mass is 9.73. The van der Waals surface area contributed by atoms with E-state index in [1.165, 1.54) is 38.2 Å². The monoisotopic (exact) mass is 464 g/mol. The zero-order valence-corrected chi connectivity index (χ0v) is 21.0. The number of halogens is 2. The molecule has 0 saturated carbocycles. The van der Waals surface area contributed by atoms with E-state index in [9.17, 15) is 0 Å². The van der Waals surface area contributed by atoms with Gasteiger partial charge < -0.3 is 0 Å². The predicted octanol–water partition coefficient (Wildman–Crippen LogP) is 7.70. The maximum atomic E-state index is 7.05. The molecule has 0 aliphatic heterocycles. The number of allylic oxidation sites excluding steroid dienone is 4. The molecular weight excluding hydrogens is 438 g/mol. The van der Waals surface area contributed by atoms with Gasteiger partial charge in [0.2, 0.25) is 0 Å². The third-order valence-electron chi connectivity index (χ3n) is 7.03. The number of benzene rings is 3. The van der Waals surface area contributed by atoms with Crippen LogP contribution in [-0.4, -0.2) is 0 Å². The van der Waals surface area contributed by atoms with E-state index in [0.29, 0.717) is 10.0 Å². The molecule has 1 aliphatic carbocycles. The lowest BCUT2D eigenvalue weighted by Crippen LogP contribution is -2.33. The molecule has 0 amide bonds. The lowest BCUT2D eigenvalue weighted by Gasteiger charge is -2.35. The summed E-state index contributed by atoms with van der Waals surface area (Å²) in [6, 6.07) is 25.7. The molecule has 0 radical (unpaired) electrons. The smallest absolute Gasteiger partial charge is 0.0643 e. The van der Waals surface area contributed by atoms with Crippen LogP contribution in [0.3, 0.4) is 0 Å². The van der Waals surface area contributed by atoms with Crippen molar-refractivity contribution in [2.45, 2.75) is 40.0 Å². The summed E-state index contributed by atoms with van der Waals surface area (Å²) < 4.78 is 0. The van der Waals surface area contributed by atoms with Gasteiger partial charge in [0.1, 0.15) is 0 Å². The average Bonchev–Trinajstić information content (AvgIpc) is 2.94. The molecule has 0 unspecified atom stereocenters. The second kappa shape index (κ2) is 8.59. The van der Waals surface area contributed by atoms with Crippen molar-refractivity contribution in [3.63, 3.8) is 0 Å². The fourth-order valence-corrected chi connectivity index (χ4v) is 7.91. The number of hydrogen-bond donors (Lipinski definition) is 0. The van der Waals surface area contributed by atoms with Crippen LogP contribution < -0.4 is 15.9 Å². The second-order valence-corrected chi connectivity index (χ2v) is 11.4. The van der Waals surface area contributed by atoms with Crippen molar-refractivity contribution >= 4 is 47.0 Å². The van der Waals surface area contributed by atoms with Crippen LogP contribution in [0.25, 0.3) is 0 Å². The minimum Gasteiger partial charge on any atom is -0.0827 e. The summed E-state index contributed by atoms with van der Waals surface area (Å²) in [6.07, 6.45) is 0. The average molecular weight is 465 g/mol. The van der Waals surface area contributed by atoms with E-state index >= 15 is 0 Å². The first-order valence-electron chi connectivity index (χ1n) is 10.5. The normalized spacial score (nSPS) is 15.9. The Bertz CT molecular complexity index is 1130. The predicted molar refractivity (Wildman–Crippen MR) is 139 cm³/mol. The maximum absolute atomic E-state index is 7.05. The van der Waals surface area contributed by atoms with Gasteiger partial charge in [0.05, 0.1) is 10.0 Å². The minimum atomic E-state index is -0.798. The summed E-state index contributed by atoms with van der Waals surface area (Å²) >= 11 is 13.7. The molecule has 3 heteroatoms. The van der Waals surface area contributed by atoms with Gasteiger partial charge in [0.25, 0.3) is 0 Å². The standard InChI is InChI=1S/C28H27Cl2P/c1-18-19(2)21(4)28(5,20(18)3)26-25(17-16-24(29)27(26)30)31(22-12-8-6-9-13-22)23-14-10-7-11-15-23/h6-17H,1-5H3. The van der Waals surface area contributed by atoms with E-state index in [1.807, 2.05) is 6.07 Å². The van der Waals surface area contributed by atoms with E-state index in [1.54, 1.807) is 0 Å². The molecule has 0 heterocycles. The van der Waals surface area contributed by atoms with Crippen LogP contribution in [0.5, 0.6) is 0 Å². The van der Waals surface area contributed by atoms with E-state index in [4.69, 9.17) is 23.2 Å². The van der Waals surface area contributed by atoms with E-state index < -0.39 is 7.92 Å². The third-order valence-corrected chi connectivity index (χ3v) is 10.3. The third kappa shape index (κ3) is 3.60. The highest BCUT2D eigenvalue weighted by Crippen LogP contribution is 2.52. The first-order valence-corrected chi connectivity index (χ1v) is 12.6. The quantitative estimate of drug-likeness (QED) is 0.347. The van der Waals surface area contributed by atoms with Crippen LogP contribution in [0.15, 0.2) is 95.1 Å². The van der Waals surface area contributed by atoms with Crippen molar-refractivity contribution < 1.29 is 0 Å². The number of rotatable bonds is 4. The van der Waals surface area contributed by atoms with Gasteiger partial charge in [0, 0.05) is 5.41 Å². The summed E-state index contributed by atoms with van der Waals surface area (Å²) in [5, 5.41) is 5.16. The van der Waals surface area contributed by atoms with Gasteiger partial charge in [-0.15, -0.1) is 0 Å². The molecule has 4 rings (SSSR count). The first kappa shape index (κ1) is 22.3. The highest BCUT2D eigenvalue weighted by Gasteiger charge is 2.42. The highest BCUT2D eigenvalue weighted by atomic mass is 35.5. The van der Waals surface area contributed by atoms with Crippen molar-refractivity contribution in [3.8, 4) is 0 Å². The molecule has 31 heavy (non-hydrogen) atoms. The van der Waals surface area contributed by atoms with Gasteiger partial charge in [0.15, 0.2) is 0 Å². The van der Waals surface area contributed by atoms with Crippen molar-refractivity contribution in [2.24, 2.45) is 0 Å². The Hall–Kier alpha value is -1.85. The van der Waals surface area contributed by atoms with Crippen LogP contribution in [0.4, 0.5) is 0 Å². The summed E-state index contributed by atoms with van der Waals surface area (Å²) in [4.78, 5) is 0. The first-order chi connectivity index (χ1) is 14.8. The minimum absolute atomic E-state index is 0.282. The van der Waals surface area contributed by atoms with Gasteiger partial charge in [-0.3, -0.25) is 0 Å². The Labute approximate surface area is 197 Å². The van der Waals surface area contributed by atoms with Crippen LogP contribution >= 0.6 is 31.1 Å². The van der Waals surface area contributed by atoms with E-state index in [2.05, 4.69) is 101 Å². The highest BCUT2D eigenvalue weighted by molar-refractivity contribution is 7.80. The summed E-state index contributed by atoms with van der Waals surface area (Å²) in [5.74, 6) is 0. The molecule has 0 N–H and O–H groups in total. The molecule has 3 aromatic rings. The van der Waals surface area contributed by atoms with Gasteiger partial charge in [-0.2, -0.15) is 0 Å². The Morgan fingerprint density at radius 1 is 0.645 bits per heavy atom. The molecule has 1 aliphatic rings. The molecule has 0 spiro atoms. The van der Waals surface area contributed by atoms with Crippen molar-refractivity contribution in [3.05, 3.63) is 111 Å². The van der Waals surface area contributed by atoms with E-state index in [0.717, 1.165) is 5.56 Å². The van der Waals surface area contributed by atoms with Crippen LogP contribution in [-0.2, 0) is 5.41 Å². The van der Waals surface area contributed by atoms with Gasteiger partial charge in [-0.1, -0.05) is 101 Å². The van der Waals surface area contributed by atoms with Crippen LogP contribution in [0.1, 0.15) is 40.2 Å². The zero-order valence-electron chi connectivity index (χ0n) is 18.6. The maximum Gasteiger partial charge on any atom is 0.0643 e. The van der Waals surface area contributed by atoms with Crippen LogP contribution in [0.2, 0.25) is 10.0 Å². The van der Waals surface area contributed by atoms with Crippen molar-refractivity contribution in [1.82, 2.24) is 0 Å². The Morgan fingerprint density at radius 2 is 1.10 bits per heavy atom. The van der Waals surface area contributed by atoms with Gasteiger partial charge >= 0.3 is 0 Å². The summed E-state index contributed by atoms with van der Waals surface area (Å²) in [6.45, 7) is 11.2. The van der Waals surface area contributed by atoms with Crippen LogP contribution in [0, 0.1) is 0 Å². The molecule has 0 aromatic heterocycles. The SMILES string of the molecule is CC1=C(C)C(C)(c2c(P(c3ccccc3)c3ccccc3)ccc(Cl)c2Cl)C(C)=C1C. The second-order valence-electron chi connectivity index (χ2n) is 8.39. The molecule has 0 saturated heterocycles. The van der Waals surface area contributed by atoms with Crippen molar-refractivity contribution in [2.75, 3.05) is 0 Å². The molecule has 0 atom stereocenters. The Kier molecular flexibility index (Phi) is 6.19. The van der Waals surface area contributed by atoms with Gasteiger partial charge in [-0.05, 0) is 81.2 Å². The fraction of sp³-hybridized carbons (Fsp3) is 0.214. The summed E-state index contributed by atoms with van der Waals surface area (Å²) in [5.41, 5.74) is 6.27. The van der Waals surface area contributed by atoms with Crippen molar-refractivity contribution in [1.29, 1.82) is 0 Å². The molecule has 0 bridgehead atoms.